The minimum atomic E-state index is 0.121. The molecule has 1 N–H and O–H groups in total. The van der Waals surface area contributed by atoms with Crippen LogP contribution in [0.2, 0.25) is 0 Å². The van der Waals surface area contributed by atoms with E-state index in [0.29, 0.717) is 13.0 Å². The first-order valence-corrected chi connectivity index (χ1v) is 7.85. The highest BCUT2D eigenvalue weighted by atomic mass is 32.1. The number of benzene rings is 1. The fraction of sp³-hybridized carbons (Fsp3) is 0.353. The molecule has 0 saturated heterocycles. The average Bonchev–Trinajstić information content (AvgIpc) is 2.88. The first kappa shape index (κ1) is 14.8. The fourth-order valence-corrected chi connectivity index (χ4v) is 3.16. The Morgan fingerprint density at radius 2 is 1.90 bits per heavy atom. The van der Waals surface area contributed by atoms with Crippen LogP contribution in [-0.4, -0.2) is 5.91 Å². The summed E-state index contributed by atoms with van der Waals surface area (Å²) in [5.74, 6) is 0.121. The van der Waals surface area contributed by atoms with Crippen LogP contribution in [0.5, 0.6) is 0 Å². The number of carbonyl (C=O) groups is 1. The van der Waals surface area contributed by atoms with Crippen molar-refractivity contribution < 1.29 is 4.79 Å². The van der Waals surface area contributed by atoms with E-state index in [1.807, 2.05) is 5.38 Å². The van der Waals surface area contributed by atoms with Crippen molar-refractivity contribution in [3.05, 3.63) is 56.8 Å². The van der Waals surface area contributed by atoms with E-state index < -0.39 is 0 Å². The zero-order chi connectivity index (χ0) is 14.5. The lowest BCUT2D eigenvalue weighted by molar-refractivity contribution is -0.121. The Bertz CT molecular complexity index is 564. The molecule has 2 rings (SSSR count). The quantitative estimate of drug-likeness (QED) is 0.887. The summed E-state index contributed by atoms with van der Waals surface area (Å²) in [6, 6.07) is 6.41. The number of hydrogen-bond acceptors (Lipinski definition) is 2. The molecule has 0 saturated carbocycles. The molecule has 1 amide bonds. The van der Waals surface area contributed by atoms with Crippen molar-refractivity contribution in [3.63, 3.8) is 0 Å². The lowest BCUT2D eigenvalue weighted by Gasteiger charge is -2.12. The molecular formula is C17H21NOS. The molecule has 0 radical (unpaired) electrons. The Labute approximate surface area is 124 Å². The number of rotatable bonds is 5. The molecule has 0 unspecified atom stereocenters. The topological polar surface area (TPSA) is 29.1 Å². The Hall–Kier alpha value is -1.61. The average molecular weight is 287 g/mol. The van der Waals surface area contributed by atoms with Gasteiger partial charge in [-0.1, -0.05) is 17.7 Å². The molecule has 106 valence electrons. The number of amides is 1. The normalized spacial score (nSPS) is 10.6. The highest BCUT2D eigenvalue weighted by Crippen LogP contribution is 2.16. The lowest BCUT2D eigenvalue weighted by atomic mass is 10.00. The maximum atomic E-state index is 11.9. The summed E-state index contributed by atoms with van der Waals surface area (Å²) in [6.45, 7) is 6.93. The van der Waals surface area contributed by atoms with Gasteiger partial charge in [-0.2, -0.15) is 11.3 Å². The zero-order valence-corrected chi connectivity index (χ0v) is 13.1. The number of hydrogen-bond donors (Lipinski definition) is 1. The summed E-state index contributed by atoms with van der Waals surface area (Å²) >= 11 is 1.68. The summed E-state index contributed by atoms with van der Waals surface area (Å²) in [6.07, 6.45) is 1.38. The Morgan fingerprint density at radius 3 is 2.50 bits per heavy atom. The summed E-state index contributed by atoms with van der Waals surface area (Å²) in [7, 11) is 0. The minimum Gasteiger partial charge on any atom is -0.352 e. The molecule has 0 fully saturated rings. The van der Waals surface area contributed by atoms with Crippen LogP contribution in [0.3, 0.4) is 0 Å². The van der Waals surface area contributed by atoms with Crippen molar-refractivity contribution >= 4 is 17.2 Å². The Morgan fingerprint density at radius 1 is 1.20 bits per heavy atom. The van der Waals surface area contributed by atoms with Crippen molar-refractivity contribution in [2.75, 3.05) is 0 Å². The van der Waals surface area contributed by atoms with Crippen LogP contribution in [0.25, 0.3) is 0 Å². The molecule has 20 heavy (non-hydrogen) atoms. The van der Waals surface area contributed by atoms with Crippen LogP contribution in [0.15, 0.2) is 29.0 Å². The highest BCUT2D eigenvalue weighted by Gasteiger charge is 2.07. The van der Waals surface area contributed by atoms with Crippen LogP contribution in [0, 0.1) is 20.8 Å². The van der Waals surface area contributed by atoms with Crippen molar-refractivity contribution in [3.8, 4) is 0 Å². The molecule has 2 nitrogen and oxygen atoms in total. The van der Waals surface area contributed by atoms with E-state index in [4.69, 9.17) is 0 Å². The van der Waals surface area contributed by atoms with Crippen molar-refractivity contribution in [2.45, 2.75) is 40.2 Å². The van der Waals surface area contributed by atoms with E-state index in [1.54, 1.807) is 11.3 Å². The van der Waals surface area contributed by atoms with Gasteiger partial charge in [-0.25, -0.2) is 0 Å². The lowest BCUT2D eigenvalue weighted by Crippen LogP contribution is -2.23. The second kappa shape index (κ2) is 6.71. The van der Waals surface area contributed by atoms with E-state index >= 15 is 0 Å². The second-order valence-electron chi connectivity index (χ2n) is 5.29. The molecule has 0 spiro atoms. The van der Waals surface area contributed by atoms with Gasteiger partial charge in [0.1, 0.15) is 0 Å². The third kappa shape index (κ3) is 3.94. The number of carbonyl (C=O) groups excluding carboxylic acids is 1. The van der Waals surface area contributed by atoms with Gasteiger partial charge in [0.05, 0.1) is 0 Å². The highest BCUT2D eigenvalue weighted by molar-refractivity contribution is 7.07. The molecule has 0 aliphatic carbocycles. The molecule has 0 atom stereocenters. The molecule has 2 aromatic rings. The molecule has 0 aliphatic rings. The van der Waals surface area contributed by atoms with Gasteiger partial charge >= 0.3 is 0 Å². The van der Waals surface area contributed by atoms with Crippen molar-refractivity contribution in [2.24, 2.45) is 0 Å². The van der Waals surface area contributed by atoms with Crippen LogP contribution in [0.1, 0.15) is 34.2 Å². The molecular weight excluding hydrogens is 266 g/mol. The van der Waals surface area contributed by atoms with Crippen LogP contribution >= 0.6 is 11.3 Å². The van der Waals surface area contributed by atoms with Gasteiger partial charge in [-0.3, -0.25) is 4.79 Å². The number of thiophene rings is 1. The number of aryl methyl sites for hydroxylation is 4. The third-order valence-corrected chi connectivity index (χ3v) is 4.26. The summed E-state index contributed by atoms with van der Waals surface area (Å²) < 4.78 is 0. The molecule has 1 heterocycles. The van der Waals surface area contributed by atoms with E-state index in [1.165, 1.54) is 27.8 Å². The first-order valence-electron chi connectivity index (χ1n) is 6.91. The number of nitrogens with one attached hydrogen (secondary N) is 1. The second-order valence-corrected chi connectivity index (χ2v) is 6.07. The van der Waals surface area contributed by atoms with Gasteiger partial charge in [0.25, 0.3) is 0 Å². The van der Waals surface area contributed by atoms with Crippen LogP contribution < -0.4 is 5.32 Å². The largest absolute Gasteiger partial charge is 0.352 e. The molecule has 0 bridgehead atoms. The van der Waals surface area contributed by atoms with E-state index in [9.17, 15) is 4.79 Å². The standard InChI is InChI=1S/C17H21NOS/c1-12-8-13(2)16(14(3)9-12)10-18-17(19)5-4-15-6-7-20-11-15/h6-9,11H,4-5,10H2,1-3H3,(H,18,19). The van der Waals surface area contributed by atoms with E-state index in [-0.39, 0.29) is 5.91 Å². The monoisotopic (exact) mass is 287 g/mol. The predicted molar refractivity (Wildman–Crippen MR) is 85.1 cm³/mol. The molecule has 1 aromatic heterocycles. The van der Waals surface area contributed by atoms with E-state index in [2.05, 4.69) is 49.7 Å². The van der Waals surface area contributed by atoms with Gasteiger partial charge in [-0.05, 0) is 66.3 Å². The SMILES string of the molecule is Cc1cc(C)c(CNC(=O)CCc2ccsc2)c(C)c1. The zero-order valence-electron chi connectivity index (χ0n) is 12.3. The van der Waals surface area contributed by atoms with Crippen molar-refractivity contribution in [1.29, 1.82) is 0 Å². The summed E-state index contributed by atoms with van der Waals surface area (Å²) in [4.78, 5) is 11.9. The van der Waals surface area contributed by atoms with Gasteiger partial charge in [-0.15, -0.1) is 0 Å². The van der Waals surface area contributed by atoms with Crippen LogP contribution in [-0.2, 0) is 17.8 Å². The maximum absolute atomic E-state index is 11.9. The molecule has 1 aromatic carbocycles. The fourth-order valence-electron chi connectivity index (χ4n) is 2.46. The first-order chi connectivity index (χ1) is 9.56. The summed E-state index contributed by atoms with van der Waals surface area (Å²) in [5, 5.41) is 7.17. The third-order valence-electron chi connectivity index (χ3n) is 3.52. The van der Waals surface area contributed by atoms with Gasteiger partial charge in [0, 0.05) is 13.0 Å². The smallest absolute Gasteiger partial charge is 0.220 e. The summed E-state index contributed by atoms with van der Waals surface area (Å²) in [5.41, 5.74) is 6.25. The molecule has 3 heteroatoms. The van der Waals surface area contributed by atoms with E-state index in [0.717, 1.165) is 6.42 Å². The van der Waals surface area contributed by atoms with Gasteiger partial charge in [0.15, 0.2) is 0 Å². The Balaban J connectivity index is 1.87. The predicted octanol–water partition coefficient (Wildman–Crippen LogP) is 3.92. The maximum Gasteiger partial charge on any atom is 0.220 e. The minimum absolute atomic E-state index is 0.121. The van der Waals surface area contributed by atoms with Crippen molar-refractivity contribution in [1.82, 2.24) is 5.32 Å². The van der Waals surface area contributed by atoms with Crippen LogP contribution in [0.4, 0.5) is 0 Å². The molecule has 0 aliphatic heterocycles. The van der Waals surface area contributed by atoms with Gasteiger partial charge < -0.3 is 5.32 Å². The Kier molecular flexibility index (Phi) is 4.96. The van der Waals surface area contributed by atoms with Gasteiger partial charge in [0.2, 0.25) is 5.91 Å².